The topological polar surface area (TPSA) is 63.8 Å². The molecule has 1 heterocycles. The number of nitrogen functional groups attached to an aromatic ring is 1. The number of hydrogen-bond donors (Lipinski definition) is 2. The minimum Gasteiger partial charge on any atom is -0.399 e. The van der Waals surface area contributed by atoms with Crippen molar-refractivity contribution in [3.05, 3.63) is 47.9 Å². The summed E-state index contributed by atoms with van der Waals surface area (Å²) in [5.74, 6) is 0.817. The Morgan fingerprint density at radius 2 is 2.19 bits per heavy atom. The van der Waals surface area contributed by atoms with Crippen molar-refractivity contribution >= 4 is 11.5 Å². The zero-order chi connectivity index (χ0) is 11.4. The van der Waals surface area contributed by atoms with E-state index >= 15 is 0 Å². The van der Waals surface area contributed by atoms with Gasteiger partial charge >= 0.3 is 0 Å². The third-order valence-electron chi connectivity index (χ3n) is 2.53. The second-order valence-electron chi connectivity index (χ2n) is 3.58. The number of hydrogen-bond acceptors (Lipinski definition) is 4. The minimum atomic E-state index is 0.716. The normalized spacial score (nSPS) is 10.1. The van der Waals surface area contributed by atoms with Crippen LogP contribution < -0.4 is 11.1 Å². The third kappa shape index (κ3) is 2.28. The molecule has 0 atom stereocenters. The van der Waals surface area contributed by atoms with Crippen LogP contribution in [0.25, 0.3) is 0 Å². The van der Waals surface area contributed by atoms with Gasteiger partial charge in [-0.25, -0.2) is 9.97 Å². The molecule has 4 heteroatoms. The molecule has 0 saturated carbocycles. The number of anilines is 2. The molecule has 82 valence electrons. The fourth-order valence-corrected chi connectivity index (χ4v) is 1.48. The summed E-state index contributed by atoms with van der Waals surface area (Å²) in [6, 6.07) is 7.75. The molecule has 0 aliphatic rings. The van der Waals surface area contributed by atoms with Crippen molar-refractivity contribution < 1.29 is 0 Å². The Hall–Kier alpha value is -2.10. The Bertz CT molecular complexity index is 468. The van der Waals surface area contributed by atoms with E-state index in [1.807, 2.05) is 25.1 Å². The summed E-state index contributed by atoms with van der Waals surface area (Å²) in [5, 5.41) is 3.22. The monoisotopic (exact) mass is 214 g/mol. The summed E-state index contributed by atoms with van der Waals surface area (Å²) in [6.07, 6.45) is 3.23. The molecular weight excluding hydrogens is 200 g/mol. The van der Waals surface area contributed by atoms with E-state index in [0.717, 1.165) is 17.1 Å². The van der Waals surface area contributed by atoms with E-state index in [1.165, 1.54) is 11.9 Å². The van der Waals surface area contributed by atoms with Gasteiger partial charge in [-0.05, 0) is 30.2 Å². The van der Waals surface area contributed by atoms with Crippen LogP contribution in [0.3, 0.4) is 0 Å². The van der Waals surface area contributed by atoms with Crippen LogP contribution in [0.15, 0.2) is 36.8 Å². The van der Waals surface area contributed by atoms with Crippen molar-refractivity contribution in [1.29, 1.82) is 0 Å². The molecule has 16 heavy (non-hydrogen) atoms. The van der Waals surface area contributed by atoms with E-state index in [2.05, 4.69) is 21.4 Å². The molecule has 1 aromatic heterocycles. The van der Waals surface area contributed by atoms with Crippen LogP contribution in [0, 0.1) is 6.92 Å². The van der Waals surface area contributed by atoms with Crippen molar-refractivity contribution in [2.24, 2.45) is 0 Å². The quantitative estimate of drug-likeness (QED) is 0.767. The van der Waals surface area contributed by atoms with Crippen LogP contribution in [0.2, 0.25) is 0 Å². The van der Waals surface area contributed by atoms with Crippen LogP contribution in [0.4, 0.5) is 11.5 Å². The van der Waals surface area contributed by atoms with E-state index in [0.29, 0.717) is 6.54 Å². The highest BCUT2D eigenvalue weighted by Crippen LogP contribution is 2.16. The van der Waals surface area contributed by atoms with Gasteiger partial charge in [0.15, 0.2) is 0 Å². The molecule has 0 saturated heterocycles. The summed E-state index contributed by atoms with van der Waals surface area (Å²) >= 11 is 0. The van der Waals surface area contributed by atoms with Gasteiger partial charge < -0.3 is 11.1 Å². The molecule has 3 N–H and O–H groups in total. The van der Waals surface area contributed by atoms with Crippen LogP contribution in [-0.2, 0) is 6.54 Å². The van der Waals surface area contributed by atoms with Gasteiger partial charge in [0.25, 0.3) is 0 Å². The molecule has 1 aromatic carbocycles. The van der Waals surface area contributed by atoms with Gasteiger partial charge in [0.1, 0.15) is 12.1 Å². The summed E-state index contributed by atoms with van der Waals surface area (Å²) in [4.78, 5) is 7.95. The van der Waals surface area contributed by atoms with Gasteiger partial charge in [0.05, 0.1) is 0 Å². The Balaban J connectivity index is 2.08. The highest BCUT2D eigenvalue weighted by atomic mass is 15.0. The van der Waals surface area contributed by atoms with Gasteiger partial charge in [-0.3, -0.25) is 0 Å². The molecule has 0 amide bonds. The molecule has 0 fully saturated rings. The van der Waals surface area contributed by atoms with Crippen molar-refractivity contribution in [1.82, 2.24) is 9.97 Å². The molecule has 0 aliphatic carbocycles. The lowest BCUT2D eigenvalue weighted by atomic mass is 10.1. The van der Waals surface area contributed by atoms with Crippen molar-refractivity contribution in [2.75, 3.05) is 11.1 Å². The first kappa shape index (κ1) is 10.4. The maximum Gasteiger partial charge on any atom is 0.129 e. The largest absolute Gasteiger partial charge is 0.399 e. The van der Waals surface area contributed by atoms with E-state index < -0.39 is 0 Å². The van der Waals surface area contributed by atoms with Crippen molar-refractivity contribution in [3.8, 4) is 0 Å². The molecule has 0 unspecified atom stereocenters. The summed E-state index contributed by atoms with van der Waals surface area (Å²) in [5.41, 5.74) is 8.95. The maximum absolute atomic E-state index is 5.84. The van der Waals surface area contributed by atoms with E-state index in [-0.39, 0.29) is 0 Å². The SMILES string of the molecule is Cc1c(N)cccc1CNc1ccncn1. The van der Waals surface area contributed by atoms with Gasteiger partial charge in [-0.2, -0.15) is 0 Å². The predicted molar refractivity (Wildman–Crippen MR) is 65.0 cm³/mol. The van der Waals surface area contributed by atoms with E-state index in [4.69, 9.17) is 5.73 Å². The lowest BCUT2D eigenvalue weighted by Crippen LogP contribution is -2.04. The number of nitrogens with zero attached hydrogens (tertiary/aromatic N) is 2. The van der Waals surface area contributed by atoms with Crippen LogP contribution in [0.1, 0.15) is 11.1 Å². The fourth-order valence-electron chi connectivity index (χ4n) is 1.48. The summed E-state index contributed by atoms with van der Waals surface area (Å²) in [7, 11) is 0. The number of benzene rings is 1. The number of nitrogens with two attached hydrogens (primary N) is 1. The second-order valence-corrected chi connectivity index (χ2v) is 3.58. The molecule has 0 bridgehead atoms. The molecule has 2 rings (SSSR count). The number of nitrogens with one attached hydrogen (secondary N) is 1. The third-order valence-corrected chi connectivity index (χ3v) is 2.53. The lowest BCUT2D eigenvalue weighted by molar-refractivity contribution is 1.07. The summed E-state index contributed by atoms with van der Waals surface area (Å²) < 4.78 is 0. The molecule has 0 radical (unpaired) electrons. The Morgan fingerprint density at radius 3 is 2.94 bits per heavy atom. The smallest absolute Gasteiger partial charge is 0.129 e. The van der Waals surface area contributed by atoms with Crippen molar-refractivity contribution in [3.63, 3.8) is 0 Å². The van der Waals surface area contributed by atoms with Crippen LogP contribution >= 0.6 is 0 Å². The lowest BCUT2D eigenvalue weighted by Gasteiger charge is -2.09. The Kier molecular flexibility index (Phi) is 3.00. The van der Waals surface area contributed by atoms with Crippen molar-refractivity contribution in [2.45, 2.75) is 13.5 Å². The number of aromatic nitrogens is 2. The predicted octanol–water partition coefficient (Wildman–Crippen LogP) is 1.98. The Morgan fingerprint density at radius 1 is 1.31 bits per heavy atom. The number of rotatable bonds is 3. The highest BCUT2D eigenvalue weighted by molar-refractivity contribution is 5.50. The van der Waals surface area contributed by atoms with Gasteiger partial charge in [-0.15, -0.1) is 0 Å². The average Bonchev–Trinajstić information content (AvgIpc) is 2.32. The standard InChI is InChI=1S/C12H14N4/c1-9-10(3-2-4-11(9)13)7-15-12-5-6-14-8-16-12/h2-6,8H,7,13H2,1H3,(H,14,15,16). The highest BCUT2D eigenvalue weighted by Gasteiger charge is 2.00. The maximum atomic E-state index is 5.84. The first-order valence-corrected chi connectivity index (χ1v) is 5.11. The fraction of sp³-hybridized carbons (Fsp3) is 0.167. The zero-order valence-corrected chi connectivity index (χ0v) is 9.14. The molecule has 0 spiro atoms. The molecule has 4 nitrogen and oxygen atoms in total. The zero-order valence-electron chi connectivity index (χ0n) is 9.14. The molecular formula is C12H14N4. The van der Waals surface area contributed by atoms with E-state index in [9.17, 15) is 0 Å². The van der Waals surface area contributed by atoms with Gasteiger partial charge in [0, 0.05) is 18.4 Å². The summed E-state index contributed by atoms with van der Waals surface area (Å²) in [6.45, 7) is 2.74. The van der Waals surface area contributed by atoms with E-state index in [1.54, 1.807) is 6.20 Å². The van der Waals surface area contributed by atoms with Gasteiger partial charge in [0.2, 0.25) is 0 Å². The Labute approximate surface area is 94.5 Å². The molecule has 2 aromatic rings. The van der Waals surface area contributed by atoms with Crippen LogP contribution in [-0.4, -0.2) is 9.97 Å². The molecule has 0 aliphatic heterocycles. The van der Waals surface area contributed by atoms with Gasteiger partial charge in [-0.1, -0.05) is 12.1 Å². The minimum absolute atomic E-state index is 0.716. The first-order chi connectivity index (χ1) is 7.77. The first-order valence-electron chi connectivity index (χ1n) is 5.11. The van der Waals surface area contributed by atoms with Crippen LogP contribution in [0.5, 0.6) is 0 Å². The average molecular weight is 214 g/mol. The second kappa shape index (κ2) is 4.61.